The number of hydrogen-bond donors (Lipinski definition) is 1. The normalized spacial score (nSPS) is 25.0. The molecular weight excluding hydrogens is 255 g/mol. The third-order valence-electron chi connectivity index (χ3n) is 1.85. The Kier molecular flexibility index (Phi) is 3.74. The minimum Gasteiger partial charge on any atom is -0.307 e. The number of Topliss-reactive ketones (excluding diaryl/α,β-unsaturated/α-hetero) is 1. The van der Waals surface area contributed by atoms with Crippen molar-refractivity contribution in [1.29, 1.82) is 0 Å². The van der Waals surface area contributed by atoms with Gasteiger partial charge in [-0.2, -0.15) is 0 Å². The minimum atomic E-state index is 0.353. The van der Waals surface area contributed by atoms with Crippen molar-refractivity contribution in [3.8, 4) is 0 Å². The number of carbonyl (C=O) groups excluding carboxylic acids is 1. The number of carbonyl (C=O) groups is 1. The third kappa shape index (κ3) is 3.48. The number of nitrogens with one attached hydrogen (secondary N) is 1. The maximum absolute atomic E-state index is 10.8. The van der Waals surface area contributed by atoms with E-state index < -0.39 is 0 Å². The highest BCUT2D eigenvalue weighted by atomic mass is 127. The van der Waals surface area contributed by atoms with Crippen LogP contribution in [-0.4, -0.2) is 35.1 Å². The summed E-state index contributed by atoms with van der Waals surface area (Å²) in [4.78, 5) is 10.8. The Morgan fingerprint density at radius 2 is 2.55 bits per heavy atom. The van der Waals surface area contributed by atoms with E-state index in [4.69, 9.17) is 0 Å². The van der Waals surface area contributed by atoms with Crippen molar-refractivity contribution in [3.05, 3.63) is 0 Å². The Balaban J connectivity index is 2.13. The molecule has 1 unspecified atom stereocenters. The zero-order valence-electron chi connectivity index (χ0n) is 6.64. The number of halogens is 1. The quantitative estimate of drug-likeness (QED) is 0.600. The van der Waals surface area contributed by atoms with E-state index in [0.29, 0.717) is 18.4 Å². The van der Waals surface area contributed by atoms with Gasteiger partial charge in [0.2, 0.25) is 0 Å². The van der Waals surface area contributed by atoms with Crippen LogP contribution < -0.4 is 5.32 Å². The van der Waals surface area contributed by atoms with Crippen LogP contribution in [0.25, 0.3) is 0 Å². The van der Waals surface area contributed by atoms with Crippen LogP contribution in [0, 0.1) is 0 Å². The number of ketones is 1. The zero-order chi connectivity index (χ0) is 8.27. The van der Waals surface area contributed by atoms with Crippen molar-refractivity contribution in [1.82, 2.24) is 8.43 Å². The second-order valence-corrected chi connectivity index (χ2v) is 4.58. The second kappa shape index (κ2) is 4.37. The van der Waals surface area contributed by atoms with Gasteiger partial charge in [-0.05, 0) is 13.5 Å². The Labute approximate surface area is 81.0 Å². The van der Waals surface area contributed by atoms with Gasteiger partial charge in [-0.15, -0.1) is 0 Å². The maximum atomic E-state index is 10.8. The van der Waals surface area contributed by atoms with E-state index in [0.717, 1.165) is 19.4 Å². The molecule has 0 saturated carbocycles. The molecule has 0 aromatic carbocycles. The van der Waals surface area contributed by atoms with Gasteiger partial charge in [0.1, 0.15) is 5.78 Å². The van der Waals surface area contributed by atoms with Crippen molar-refractivity contribution >= 4 is 28.6 Å². The average Bonchev–Trinajstić information content (AvgIpc) is 2.31. The van der Waals surface area contributed by atoms with Crippen molar-refractivity contribution in [2.45, 2.75) is 18.9 Å². The first-order valence-electron chi connectivity index (χ1n) is 3.80. The first-order chi connectivity index (χ1) is 5.18. The molecule has 11 heavy (non-hydrogen) atoms. The number of nitrogens with zero attached hydrogens (tertiary/aromatic N) is 1. The summed E-state index contributed by atoms with van der Waals surface area (Å²) in [6, 6.07) is 0.430. The molecule has 1 atom stereocenters. The van der Waals surface area contributed by atoms with Gasteiger partial charge in [-0.1, -0.05) is 0 Å². The molecule has 4 heteroatoms. The number of rotatable bonds is 3. The molecule has 64 valence electrons. The molecule has 1 saturated heterocycles. The van der Waals surface area contributed by atoms with E-state index in [1.807, 2.05) is 7.05 Å². The maximum Gasteiger partial charge on any atom is 0.148 e. The van der Waals surface area contributed by atoms with Crippen molar-refractivity contribution in [2.24, 2.45) is 0 Å². The SMILES string of the molecule is CN(I)CCC1CC(=O)CN1. The molecule has 1 fully saturated rings. The van der Waals surface area contributed by atoms with E-state index >= 15 is 0 Å². The Bertz CT molecular complexity index is 149. The molecule has 0 spiro atoms. The third-order valence-corrected chi connectivity index (χ3v) is 2.33. The summed E-state index contributed by atoms with van der Waals surface area (Å²) in [6.45, 7) is 1.63. The molecule has 1 N–H and O–H groups in total. The minimum absolute atomic E-state index is 0.353. The Hall–Kier alpha value is 0.320. The summed E-state index contributed by atoms with van der Waals surface area (Å²) < 4.78 is 2.11. The highest BCUT2D eigenvalue weighted by molar-refractivity contribution is 14.1. The van der Waals surface area contributed by atoms with Gasteiger partial charge in [0, 0.05) is 41.9 Å². The molecule has 1 aliphatic rings. The molecule has 1 heterocycles. The largest absolute Gasteiger partial charge is 0.307 e. The zero-order valence-corrected chi connectivity index (χ0v) is 8.80. The van der Waals surface area contributed by atoms with Crippen LogP contribution >= 0.6 is 22.9 Å². The first-order valence-corrected chi connectivity index (χ1v) is 4.77. The fourth-order valence-electron chi connectivity index (χ4n) is 1.22. The van der Waals surface area contributed by atoms with E-state index in [1.165, 1.54) is 0 Å². The van der Waals surface area contributed by atoms with Crippen molar-refractivity contribution in [3.63, 3.8) is 0 Å². The molecule has 0 bridgehead atoms. The van der Waals surface area contributed by atoms with Gasteiger partial charge in [0.15, 0.2) is 0 Å². The van der Waals surface area contributed by atoms with Crippen LogP contribution in [0.3, 0.4) is 0 Å². The molecule has 3 nitrogen and oxygen atoms in total. The highest BCUT2D eigenvalue weighted by Crippen LogP contribution is 2.07. The van der Waals surface area contributed by atoms with Gasteiger partial charge >= 0.3 is 0 Å². The van der Waals surface area contributed by atoms with Gasteiger partial charge in [-0.25, -0.2) is 0 Å². The molecule has 0 aromatic rings. The van der Waals surface area contributed by atoms with Crippen LogP contribution in [-0.2, 0) is 4.79 Å². The predicted octanol–water partition coefficient (Wildman–Crippen LogP) is 0.589. The van der Waals surface area contributed by atoms with E-state index in [-0.39, 0.29) is 0 Å². The molecule has 0 aromatic heterocycles. The summed E-state index contributed by atoms with van der Waals surface area (Å²) >= 11 is 2.25. The van der Waals surface area contributed by atoms with E-state index in [2.05, 4.69) is 31.3 Å². The smallest absolute Gasteiger partial charge is 0.148 e. The fraction of sp³-hybridized carbons (Fsp3) is 0.857. The lowest BCUT2D eigenvalue weighted by Gasteiger charge is -2.11. The van der Waals surface area contributed by atoms with E-state index in [1.54, 1.807) is 0 Å². The fourth-order valence-corrected chi connectivity index (χ4v) is 1.49. The van der Waals surface area contributed by atoms with Gasteiger partial charge in [0.25, 0.3) is 0 Å². The van der Waals surface area contributed by atoms with Crippen LogP contribution in [0.15, 0.2) is 0 Å². The topological polar surface area (TPSA) is 32.3 Å². The van der Waals surface area contributed by atoms with Crippen LogP contribution in [0.1, 0.15) is 12.8 Å². The molecular formula is C7H13IN2O. The summed E-state index contributed by atoms with van der Waals surface area (Å²) in [7, 11) is 2.04. The first kappa shape index (κ1) is 9.41. The predicted molar refractivity (Wildman–Crippen MR) is 52.7 cm³/mol. The van der Waals surface area contributed by atoms with Crippen LogP contribution in [0.4, 0.5) is 0 Å². The lowest BCUT2D eigenvalue weighted by molar-refractivity contribution is -0.116. The highest BCUT2D eigenvalue weighted by Gasteiger charge is 2.20. The average molecular weight is 268 g/mol. The molecule has 1 rings (SSSR count). The van der Waals surface area contributed by atoms with Crippen LogP contribution in [0.2, 0.25) is 0 Å². The van der Waals surface area contributed by atoms with Crippen LogP contribution in [0.5, 0.6) is 0 Å². The summed E-state index contributed by atoms with van der Waals surface area (Å²) in [5.74, 6) is 0.353. The van der Waals surface area contributed by atoms with Crippen molar-refractivity contribution in [2.75, 3.05) is 20.1 Å². The molecule has 0 amide bonds. The number of hydrogen-bond acceptors (Lipinski definition) is 3. The summed E-state index contributed by atoms with van der Waals surface area (Å²) in [5, 5.41) is 3.18. The lowest BCUT2D eigenvalue weighted by Crippen LogP contribution is -2.24. The molecule has 1 aliphatic heterocycles. The molecule has 0 aliphatic carbocycles. The van der Waals surface area contributed by atoms with Crippen molar-refractivity contribution < 1.29 is 4.79 Å². The van der Waals surface area contributed by atoms with Gasteiger partial charge < -0.3 is 5.32 Å². The summed E-state index contributed by atoms with van der Waals surface area (Å²) in [5.41, 5.74) is 0. The standard InChI is InChI=1S/C7H13IN2O/c1-10(8)3-2-6-4-7(11)5-9-6/h6,9H,2-5H2,1H3. The van der Waals surface area contributed by atoms with Gasteiger partial charge in [0.05, 0.1) is 6.54 Å². The molecule has 0 radical (unpaired) electrons. The van der Waals surface area contributed by atoms with Gasteiger partial charge in [-0.3, -0.25) is 7.91 Å². The lowest BCUT2D eigenvalue weighted by atomic mass is 10.1. The second-order valence-electron chi connectivity index (χ2n) is 2.94. The monoisotopic (exact) mass is 268 g/mol. The Morgan fingerprint density at radius 1 is 1.82 bits per heavy atom. The Morgan fingerprint density at radius 3 is 3.00 bits per heavy atom. The summed E-state index contributed by atoms with van der Waals surface area (Å²) in [6.07, 6.45) is 1.80. The van der Waals surface area contributed by atoms with E-state index in [9.17, 15) is 4.79 Å².